The fraction of sp³-hybridized carbons (Fsp3) is 0.389. The van der Waals surface area contributed by atoms with E-state index in [1.165, 1.54) is 0 Å². The van der Waals surface area contributed by atoms with Gasteiger partial charge in [0, 0.05) is 18.7 Å². The predicted molar refractivity (Wildman–Crippen MR) is 82.7 cm³/mol. The minimum Gasteiger partial charge on any atom is -0.457 e. The molecule has 0 spiro atoms. The summed E-state index contributed by atoms with van der Waals surface area (Å²) in [5, 5.41) is 0. The maximum Gasteiger partial charge on any atom is 0.423 e. The van der Waals surface area contributed by atoms with Gasteiger partial charge in [-0.05, 0) is 24.0 Å². The molecule has 2 unspecified atom stereocenters. The average Bonchev–Trinajstić information content (AvgIpc) is 3.06. The van der Waals surface area contributed by atoms with E-state index in [2.05, 4.69) is 6.58 Å². The van der Waals surface area contributed by atoms with Crippen LogP contribution in [0.3, 0.4) is 0 Å². The van der Waals surface area contributed by atoms with Crippen LogP contribution in [-0.4, -0.2) is 30.1 Å². The monoisotopic (exact) mass is 337 g/mol. The lowest BCUT2D eigenvalue weighted by atomic mass is 9.97. The number of nitrogens with zero attached hydrogens (tertiary/aromatic N) is 1. The number of likely N-dealkylation sites (N-methyl/N-ethyl adjacent to an activating group) is 1. The van der Waals surface area contributed by atoms with E-state index >= 15 is 0 Å². The van der Waals surface area contributed by atoms with Crippen LogP contribution >= 0.6 is 0 Å². The molecule has 2 bridgehead atoms. The molecule has 2 aliphatic rings. The number of benzene rings is 1. The van der Waals surface area contributed by atoms with Gasteiger partial charge in [0.1, 0.15) is 12.2 Å². The molecular weight excluding hydrogens is 319 g/mol. The first kappa shape index (κ1) is 16.6. The number of allylic oxidation sites excluding steroid dienone is 1. The minimum absolute atomic E-state index is 0.0192. The van der Waals surface area contributed by atoms with E-state index < -0.39 is 23.8 Å². The first-order valence-corrected chi connectivity index (χ1v) is 7.72. The second-order valence-electron chi connectivity index (χ2n) is 6.21. The van der Waals surface area contributed by atoms with Crippen LogP contribution in [0.5, 0.6) is 0 Å². The van der Waals surface area contributed by atoms with E-state index in [9.17, 15) is 18.0 Å². The molecule has 3 nitrogen and oxygen atoms in total. The van der Waals surface area contributed by atoms with E-state index in [1.54, 1.807) is 42.3 Å². The van der Waals surface area contributed by atoms with Gasteiger partial charge < -0.3 is 9.64 Å². The second kappa shape index (κ2) is 6.00. The van der Waals surface area contributed by atoms with E-state index in [1.807, 2.05) is 0 Å². The molecule has 0 N–H and O–H groups in total. The van der Waals surface area contributed by atoms with Crippen LogP contribution < -0.4 is 0 Å². The molecule has 1 aromatic rings. The molecule has 2 atom stereocenters. The largest absolute Gasteiger partial charge is 0.457 e. The molecule has 0 aromatic heterocycles. The van der Waals surface area contributed by atoms with Crippen LogP contribution in [0.15, 0.2) is 53.8 Å². The topological polar surface area (TPSA) is 29.5 Å². The Hall–Kier alpha value is -2.24. The van der Waals surface area contributed by atoms with Crippen molar-refractivity contribution < 1.29 is 22.7 Å². The van der Waals surface area contributed by atoms with Gasteiger partial charge in [-0.25, -0.2) is 4.79 Å². The predicted octanol–water partition coefficient (Wildman–Crippen LogP) is 3.83. The van der Waals surface area contributed by atoms with Gasteiger partial charge >= 0.3 is 12.1 Å². The highest BCUT2D eigenvalue weighted by atomic mass is 19.4. The number of hydrogen-bond acceptors (Lipinski definition) is 3. The summed E-state index contributed by atoms with van der Waals surface area (Å²) in [6.07, 6.45) is -3.92. The van der Waals surface area contributed by atoms with Crippen molar-refractivity contribution in [2.75, 3.05) is 7.05 Å². The van der Waals surface area contributed by atoms with Gasteiger partial charge in [-0.2, -0.15) is 13.2 Å². The first-order chi connectivity index (χ1) is 11.3. The van der Waals surface area contributed by atoms with Crippen LogP contribution in [-0.2, 0) is 16.1 Å². The summed E-state index contributed by atoms with van der Waals surface area (Å²) in [5.74, 6) is -1.32. The quantitative estimate of drug-likeness (QED) is 0.620. The summed E-state index contributed by atoms with van der Waals surface area (Å²) in [7, 11) is 1.72. The van der Waals surface area contributed by atoms with E-state index in [0.717, 1.165) is 5.70 Å². The van der Waals surface area contributed by atoms with Crippen molar-refractivity contribution in [2.24, 2.45) is 5.92 Å². The normalized spacial score (nSPS) is 25.2. The fourth-order valence-corrected chi connectivity index (χ4v) is 3.52. The summed E-state index contributed by atoms with van der Waals surface area (Å²) in [5.41, 5.74) is 0.462. The van der Waals surface area contributed by atoms with Crippen molar-refractivity contribution in [2.45, 2.75) is 31.7 Å². The van der Waals surface area contributed by atoms with E-state index in [4.69, 9.17) is 4.74 Å². The number of hydrogen-bond donors (Lipinski definition) is 0. The van der Waals surface area contributed by atoms with Gasteiger partial charge in [-0.3, -0.25) is 0 Å². The van der Waals surface area contributed by atoms with Gasteiger partial charge in [0.2, 0.25) is 0 Å². The highest BCUT2D eigenvalue weighted by Gasteiger charge is 2.50. The standard InChI is InChI=1S/C18H18F3NO2/c1-11-13-8-14(15(9-13)22(11)2)16(18(19,20)21)17(23)24-10-12-6-4-3-5-7-12/h3-7,13,15H,1,8-10H2,2H3/b16-14+. The van der Waals surface area contributed by atoms with Crippen molar-refractivity contribution in [1.82, 2.24) is 4.90 Å². The Labute approximate surface area is 138 Å². The zero-order chi connectivity index (χ0) is 17.5. The Morgan fingerprint density at radius 1 is 1.33 bits per heavy atom. The van der Waals surface area contributed by atoms with Gasteiger partial charge in [0.25, 0.3) is 0 Å². The SMILES string of the molecule is C=C1C2C/C(=C(/C(=O)OCc3ccccc3)C(F)(F)F)C(C2)N1C. The number of ether oxygens (including phenoxy) is 1. The number of fused-ring (bicyclic) bond motifs is 2. The number of carbonyl (C=O) groups excluding carboxylic acids is 1. The Kier molecular flexibility index (Phi) is 4.15. The molecule has 0 amide bonds. The maximum absolute atomic E-state index is 13.5. The highest BCUT2D eigenvalue weighted by molar-refractivity contribution is 5.91. The summed E-state index contributed by atoms with van der Waals surface area (Å²) in [6, 6.07) is 8.24. The van der Waals surface area contributed by atoms with Crippen LogP contribution in [0.4, 0.5) is 13.2 Å². The van der Waals surface area contributed by atoms with Crippen molar-refractivity contribution >= 4 is 5.97 Å². The van der Waals surface area contributed by atoms with E-state index in [0.29, 0.717) is 12.0 Å². The summed E-state index contributed by atoms with van der Waals surface area (Å²) in [6.45, 7) is 3.72. The van der Waals surface area contributed by atoms with Gasteiger partial charge in [0.15, 0.2) is 0 Å². The molecule has 0 radical (unpaired) electrons. The molecule has 1 heterocycles. The summed E-state index contributed by atoms with van der Waals surface area (Å²) in [4.78, 5) is 13.9. The first-order valence-electron chi connectivity index (χ1n) is 7.72. The van der Waals surface area contributed by atoms with Crippen LogP contribution in [0.2, 0.25) is 0 Å². The zero-order valence-corrected chi connectivity index (χ0v) is 13.3. The smallest absolute Gasteiger partial charge is 0.423 e. The van der Waals surface area contributed by atoms with Crippen molar-refractivity contribution in [3.8, 4) is 0 Å². The number of esters is 1. The Morgan fingerprint density at radius 2 is 2.00 bits per heavy atom. The van der Waals surface area contributed by atoms with Crippen molar-refractivity contribution in [3.05, 3.63) is 59.3 Å². The zero-order valence-electron chi connectivity index (χ0n) is 13.3. The fourth-order valence-electron chi connectivity index (χ4n) is 3.52. The molecular formula is C18H18F3NO2. The van der Waals surface area contributed by atoms with Crippen LogP contribution in [0.1, 0.15) is 18.4 Å². The van der Waals surface area contributed by atoms with Crippen molar-refractivity contribution in [1.29, 1.82) is 0 Å². The molecule has 3 rings (SSSR count). The maximum atomic E-state index is 13.5. The molecule has 1 saturated heterocycles. The number of halogens is 3. The van der Waals surface area contributed by atoms with Crippen LogP contribution in [0, 0.1) is 5.92 Å². The Balaban J connectivity index is 1.84. The molecule has 2 fully saturated rings. The number of piperidine rings is 1. The number of likely N-dealkylation sites (tertiary alicyclic amines) is 1. The second-order valence-corrected chi connectivity index (χ2v) is 6.21. The molecule has 1 saturated carbocycles. The Bertz CT molecular complexity index is 690. The highest BCUT2D eigenvalue weighted by Crippen LogP contribution is 2.49. The Morgan fingerprint density at radius 3 is 2.54 bits per heavy atom. The number of alkyl halides is 3. The number of carbonyl (C=O) groups is 1. The lowest BCUT2D eigenvalue weighted by molar-refractivity contribution is -0.152. The molecule has 6 heteroatoms. The molecule has 1 aliphatic carbocycles. The minimum atomic E-state index is -4.73. The lowest BCUT2D eigenvalue weighted by Crippen LogP contribution is -2.33. The lowest BCUT2D eigenvalue weighted by Gasteiger charge is -2.30. The molecule has 1 aliphatic heterocycles. The molecule has 128 valence electrons. The summed E-state index contributed by atoms with van der Waals surface area (Å²) < 4.78 is 45.4. The average molecular weight is 337 g/mol. The van der Waals surface area contributed by atoms with Crippen LogP contribution in [0.25, 0.3) is 0 Å². The molecule has 24 heavy (non-hydrogen) atoms. The summed E-state index contributed by atoms with van der Waals surface area (Å²) >= 11 is 0. The van der Waals surface area contributed by atoms with Gasteiger partial charge in [0.05, 0.1) is 6.04 Å². The van der Waals surface area contributed by atoms with Gasteiger partial charge in [-0.15, -0.1) is 0 Å². The third-order valence-corrected chi connectivity index (χ3v) is 4.79. The third kappa shape index (κ3) is 2.92. The van der Waals surface area contributed by atoms with E-state index in [-0.39, 0.29) is 24.5 Å². The number of rotatable bonds is 3. The molecule has 1 aromatic carbocycles. The van der Waals surface area contributed by atoms with Gasteiger partial charge in [-0.1, -0.05) is 36.9 Å². The van der Waals surface area contributed by atoms with Crippen molar-refractivity contribution in [3.63, 3.8) is 0 Å². The third-order valence-electron chi connectivity index (χ3n) is 4.79.